The van der Waals surface area contributed by atoms with Crippen LogP contribution in [0.3, 0.4) is 0 Å². The van der Waals surface area contributed by atoms with Gasteiger partial charge in [-0.2, -0.15) is 11.8 Å². The molecule has 2 aliphatic rings. The Hall–Kier alpha value is -0.260. The summed E-state index contributed by atoms with van der Waals surface area (Å²) in [6.45, 7) is 5.51. The molecule has 0 bridgehead atoms. The highest BCUT2D eigenvalue weighted by Crippen LogP contribution is 2.39. The van der Waals surface area contributed by atoms with E-state index in [0.717, 1.165) is 39.1 Å². The van der Waals surface area contributed by atoms with Gasteiger partial charge >= 0.3 is 0 Å². The van der Waals surface area contributed by atoms with Crippen LogP contribution in [0, 0.1) is 0 Å². The standard InChI is InChI=1S/C14H27N3OS/c1-19-14(5-2-3-6-14)12-16-13(18)11-17-9-4-7-15-8-10-17/h15H,2-12H2,1H3,(H,16,18). The van der Waals surface area contributed by atoms with Gasteiger partial charge in [-0.15, -0.1) is 0 Å². The summed E-state index contributed by atoms with van der Waals surface area (Å²) in [5.74, 6) is 0.197. The first-order valence-electron chi connectivity index (χ1n) is 7.49. The number of thioether (sulfide) groups is 1. The Morgan fingerprint density at radius 2 is 2.05 bits per heavy atom. The number of carbonyl (C=O) groups is 1. The summed E-state index contributed by atoms with van der Waals surface area (Å²) in [6, 6.07) is 0. The molecule has 2 fully saturated rings. The van der Waals surface area contributed by atoms with Crippen molar-refractivity contribution in [1.82, 2.24) is 15.5 Å². The van der Waals surface area contributed by atoms with Crippen molar-refractivity contribution in [2.45, 2.75) is 36.9 Å². The van der Waals surface area contributed by atoms with Crippen LogP contribution in [0.2, 0.25) is 0 Å². The molecule has 1 aliphatic carbocycles. The first-order chi connectivity index (χ1) is 9.24. The zero-order valence-electron chi connectivity index (χ0n) is 12.0. The quantitative estimate of drug-likeness (QED) is 0.793. The summed E-state index contributed by atoms with van der Waals surface area (Å²) in [5.41, 5.74) is 0. The molecular formula is C14H27N3OS. The number of hydrogen-bond donors (Lipinski definition) is 2. The Bertz CT molecular complexity index is 284. The fourth-order valence-electron chi connectivity index (χ4n) is 3.05. The maximum absolute atomic E-state index is 12.1. The minimum Gasteiger partial charge on any atom is -0.354 e. The van der Waals surface area contributed by atoms with Crippen LogP contribution in [-0.4, -0.2) is 61.1 Å². The van der Waals surface area contributed by atoms with Crippen LogP contribution >= 0.6 is 11.8 Å². The van der Waals surface area contributed by atoms with Crippen molar-refractivity contribution >= 4 is 17.7 Å². The Kier molecular flexibility index (Phi) is 5.98. The third kappa shape index (κ3) is 4.65. The molecule has 0 aromatic heterocycles. The van der Waals surface area contributed by atoms with Crippen molar-refractivity contribution in [2.75, 3.05) is 45.5 Å². The topological polar surface area (TPSA) is 44.4 Å². The van der Waals surface area contributed by atoms with Gasteiger partial charge in [0.25, 0.3) is 0 Å². The van der Waals surface area contributed by atoms with E-state index in [1.165, 1.54) is 25.7 Å². The van der Waals surface area contributed by atoms with Crippen molar-refractivity contribution in [3.05, 3.63) is 0 Å². The molecule has 0 atom stereocenters. The van der Waals surface area contributed by atoms with Gasteiger partial charge in [0.15, 0.2) is 0 Å². The van der Waals surface area contributed by atoms with Gasteiger partial charge in [-0.25, -0.2) is 0 Å². The molecule has 1 aliphatic heterocycles. The highest BCUT2D eigenvalue weighted by atomic mass is 32.2. The molecule has 2 N–H and O–H groups in total. The van der Waals surface area contributed by atoms with Gasteiger partial charge in [-0.3, -0.25) is 9.69 Å². The Morgan fingerprint density at radius 3 is 2.79 bits per heavy atom. The number of nitrogens with zero attached hydrogens (tertiary/aromatic N) is 1. The summed E-state index contributed by atoms with van der Waals surface area (Å²) < 4.78 is 0.315. The minimum absolute atomic E-state index is 0.197. The summed E-state index contributed by atoms with van der Waals surface area (Å²) in [5, 5.41) is 6.53. The Labute approximate surface area is 121 Å². The summed E-state index contributed by atoms with van der Waals surface area (Å²) in [6.07, 6.45) is 8.45. The molecule has 1 heterocycles. The Morgan fingerprint density at radius 1 is 1.26 bits per heavy atom. The maximum atomic E-state index is 12.1. The van der Waals surface area contributed by atoms with Crippen LogP contribution in [0.1, 0.15) is 32.1 Å². The normalized spacial score (nSPS) is 24.1. The fourth-order valence-corrected chi connectivity index (χ4v) is 3.96. The molecule has 0 aromatic carbocycles. The molecule has 4 nitrogen and oxygen atoms in total. The lowest BCUT2D eigenvalue weighted by Crippen LogP contribution is -2.44. The van der Waals surface area contributed by atoms with E-state index in [4.69, 9.17) is 0 Å². The van der Waals surface area contributed by atoms with Crippen molar-refractivity contribution in [3.8, 4) is 0 Å². The smallest absolute Gasteiger partial charge is 0.234 e. The van der Waals surface area contributed by atoms with Crippen molar-refractivity contribution in [1.29, 1.82) is 0 Å². The number of rotatable bonds is 5. The average Bonchev–Trinajstić information content (AvgIpc) is 2.75. The van der Waals surface area contributed by atoms with E-state index in [2.05, 4.69) is 21.8 Å². The molecule has 0 radical (unpaired) electrons. The first-order valence-corrected chi connectivity index (χ1v) is 8.71. The highest BCUT2D eigenvalue weighted by molar-refractivity contribution is 8.00. The monoisotopic (exact) mass is 285 g/mol. The lowest BCUT2D eigenvalue weighted by atomic mass is 10.1. The Balaban J connectivity index is 1.71. The van der Waals surface area contributed by atoms with Crippen LogP contribution in [0.4, 0.5) is 0 Å². The van der Waals surface area contributed by atoms with Crippen LogP contribution < -0.4 is 10.6 Å². The van der Waals surface area contributed by atoms with E-state index in [1.54, 1.807) is 0 Å². The van der Waals surface area contributed by atoms with Gasteiger partial charge in [-0.05, 0) is 38.6 Å². The molecule has 5 heteroatoms. The third-order valence-corrected chi connectivity index (χ3v) is 5.77. The number of nitrogens with one attached hydrogen (secondary N) is 2. The summed E-state index contributed by atoms with van der Waals surface area (Å²) in [7, 11) is 0. The lowest BCUT2D eigenvalue weighted by molar-refractivity contribution is -0.122. The highest BCUT2D eigenvalue weighted by Gasteiger charge is 2.33. The van der Waals surface area contributed by atoms with Crippen LogP contribution in [0.5, 0.6) is 0 Å². The largest absolute Gasteiger partial charge is 0.354 e. The van der Waals surface area contributed by atoms with Gasteiger partial charge in [0, 0.05) is 24.4 Å². The van der Waals surface area contributed by atoms with E-state index in [1.807, 2.05) is 11.8 Å². The molecule has 19 heavy (non-hydrogen) atoms. The van der Waals surface area contributed by atoms with Crippen LogP contribution in [-0.2, 0) is 4.79 Å². The van der Waals surface area contributed by atoms with Gasteiger partial charge in [0.05, 0.1) is 6.54 Å². The average molecular weight is 285 g/mol. The third-order valence-electron chi connectivity index (χ3n) is 4.36. The summed E-state index contributed by atoms with van der Waals surface area (Å²) in [4.78, 5) is 14.3. The molecule has 2 rings (SSSR count). The zero-order valence-corrected chi connectivity index (χ0v) is 12.9. The molecule has 0 aromatic rings. The van der Waals surface area contributed by atoms with Crippen LogP contribution in [0.25, 0.3) is 0 Å². The van der Waals surface area contributed by atoms with Gasteiger partial charge in [0.2, 0.25) is 5.91 Å². The predicted molar refractivity (Wildman–Crippen MR) is 81.7 cm³/mol. The minimum atomic E-state index is 0.197. The molecule has 1 saturated heterocycles. The van der Waals surface area contributed by atoms with Gasteiger partial charge < -0.3 is 10.6 Å². The number of amides is 1. The van der Waals surface area contributed by atoms with Crippen LogP contribution in [0.15, 0.2) is 0 Å². The van der Waals surface area contributed by atoms with E-state index >= 15 is 0 Å². The van der Waals surface area contributed by atoms with E-state index < -0.39 is 0 Å². The fraction of sp³-hybridized carbons (Fsp3) is 0.929. The molecule has 0 spiro atoms. The molecule has 0 unspecified atom stereocenters. The summed E-state index contributed by atoms with van der Waals surface area (Å²) >= 11 is 1.93. The molecular weight excluding hydrogens is 258 g/mol. The first kappa shape index (κ1) is 15.1. The van der Waals surface area contributed by atoms with E-state index in [0.29, 0.717) is 11.3 Å². The molecule has 1 saturated carbocycles. The lowest BCUT2D eigenvalue weighted by Gasteiger charge is -2.27. The predicted octanol–water partition coefficient (Wildman–Crippen LogP) is 1.07. The maximum Gasteiger partial charge on any atom is 0.234 e. The van der Waals surface area contributed by atoms with Gasteiger partial charge in [0.1, 0.15) is 0 Å². The van der Waals surface area contributed by atoms with Crippen molar-refractivity contribution in [3.63, 3.8) is 0 Å². The van der Waals surface area contributed by atoms with Gasteiger partial charge in [-0.1, -0.05) is 12.8 Å². The number of carbonyl (C=O) groups excluding carboxylic acids is 1. The second kappa shape index (κ2) is 7.50. The van der Waals surface area contributed by atoms with E-state index in [9.17, 15) is 4.79 Å². The van der Waals surface area contributed by atoms with Crippen molar-refractivity contribution in [2.24, 2.45) is 0 Å². The number of hydrogen-bond acceptors (Lipinski definition) is 4. The molecule has 1 amide bonds. The SMILES string of the molecule is CSC1(CNC(=O)CN2CCCNCC2)CCCC1. The second-order valence-corrected chi connectivity index (χ2v) is 7.02. The second-order valence-electron chi connectivity index (χ2n) is 5.75. The molecule has 110 valence electrons. The zero-order chi connectivity index (χ0) is 13.6. The van der Waals surface area contributed by atoms with E-state index in [-0.39, 0.29) is 5.91 Å². The van der Waals surface area contributed by atoms with Crippen molar-refractivity contribution < 1.29 is 4.79 Å².